The minimum absolute atomic E-state index is 0.189. The summed E-state index contributed by atoms with van der Waals surface area (Å²) in [7, 11) is 0. The van der Waals surface area contributed by atoms with E-state index in [1.165, 1.54) is 21.3 Å². The molecule has 3 unspecified atom stereocenters. The molecular formula is C13H20OS3. The topological polar surface area (TPSA) is 20.2 Å². The van der Waals surface area contributed by atoms with Crippen molar-refractivity contribution >= 4 is 34.9 Å². The average Bonchev–Trinajstić information content (AvgIpc) is 2.77. The highest BCUT2D eigenvalue weighted by molar-refractivity contribution is 8.07. The van der Waals surface area contributed by atoms with Crippen LogP contribution in [0.25, 0.3) is 0 Å². The van der Waals surface area contributed by atoms with Crippen LogP contribution in [-0.4, -0.2) is 33.2 Å². The van der Waals surface area contributed by atoms with Crippen molar-refractivity contribution in [3.63, 3.8) is 0 Å². The lowest BCUT2D eigenvalue weighted by atomic mass is 10.1. The highest BCUT2D eigenvalue weighted by Crippen LogP contribution is 2.34. The molecule has 0 aromatic carbocycles. The van der Waals surface area contributed by atoms with Gasteiger partial charge in [-0.1, -0.05) is 13.8 Å². The molecule has 0 saturated carbocycles. The molecule has 0 amide bonds. The van der Waals surface area contributed by atoms with E-state index in [0.717, 1.165) is 12.8 Å². The van der Waals surface area contributed by atoms with Gasteiger partial charge in [0.2, 0.25) is 0 Å². The van der Waals surface area contributed by atoms with Crippen LogP contribution in [0.5, 0.6) is 0 Å². The van der Waals surface area contributed by atoms with E-state index in [0.29, 0.717) is 10.5 Å². The summed E-state index contributed by atoms with van der Waals surface area (Å²) in [5, 5.41) is 11.3. The molecule has 0 aliphatic carbocycles. The van der Waals surface area contributed by atoms with Crippen molar-refractivity contribution in [2.75, 3.05) is 11.5 Å². The zero-order valence-corrected chi connectivity index (χ0v) is 12.8. The van der Waals surface area contributed by atoms with Gasteiger partial charge < -0.3 is 5.11 Å². The second-order valence-corrected chi connectivity index (χ2v) is 8.43. The summed E-state index contributed by atoms with van der Waals surface area (Å²) < 4.78 is 0. The fourth-order valence-electron chi connectivity index (χ4n) is 2.12. The summed E-state index contributed by atoms with van der Waals surface area (Å²) >= 11 is 5.79. The summed E-state index contributed by atoms with van der Waals surface area (Å²) in [6, 6.07) is 4.37. The van der Waals surface area contributed by atoms with Crippen molar-refractivity contribution in [2.45, 2.75) is 43.3 Å². The molecule has 2 rings (SSSR count). The first kappa shape index (κ1) is 13.8. The normalized spacial score (nSPS) is 27.0. The molecule has 1 aliphatic heterocycles. The van der Waals surface area contributed by atoms with E-state index in [-0.39, 0.29) is 6.10 Å². The molecule has 1 aromatic rings. The highest BCUT2D eigenvalue weighted by Gasteiger charge is 2.29. The van der Waals surface area contributed by atoms with Crippen LogP contribution in [0.1, 0.15) is 23.6 Å². The Kier molecular flexibility index (Phi) is 5.27. The number of aliphatic hydroxyl groups is 1. The predicted molar refractivity (Wildman–Crippen MR) is 81.6 cm³/mol. The molecule has 1 aliphatic rings. The summed E-state index contributed by atoms with van der Waals surface area (Å²) in [6.45, 7) is 4.43. The lowest BCUT2D eigenvalue weighted by molar-refractivity contribution is 0.172. The van der Waals surface area contributed by atoms with E-state index in [1.54, 1.807) is 0 Å². The second kappa shape index (κ2) is 6.50. The molecule has 2 heterocycles. The first-order valence-corrected chi connectivity index (χ1v) is 9.11. The van der Waals surface area contributed by atoms with E-state index >= 15 is 0 Å². The molecule has 1 fully saturated rings. The zero-order valence-electron chi connectivity index (χ0n) is 10.4. The van der Waals surface area contributed by atoms with Gasteiger partial charge in [-0.05, 0) is 18.6 Å². The molecule has 3 atom stereocenters. The van der Waals surface area contributed by atoms with Gasteiger partial charge in [-0.15, -0.1) is 11.3 Å². The third kappa shape index (κ3) is 3.66. The summed E-state index contributed by atoms with van der Waals surface area (Å²) in [5.74, 6) is 2.41. The minimum Gasteiger partial charge on any atom is -0.392 e. The Morgan fingerprint density at radius 3 is 2.65 bits per heavy atom. The standard InChI is InChI=1S/C13H20OS3/c1-3-10-4-5-11(17-10)8-12(14)13-9(2)15-6-7-16-13/h4-5,9,12-14H,3,6-8H2,1-2H3. The van der Waals surface area contributed by atoms with Crippen LogP contribution in [0.4, 0.5) is 0 Å². The van der Waals surface area contributed by atoms with E-state index in [2.05, 4.69) is 26.0 Å². The third-order valence-corrected chi connectivity index (χ3v) is 7.58. The van der Waals surface area contributed by atoms with Crippen molar-refractivity contribution in [1.82, 2.24) is 0 Å². The van der Waals surface area contributed by atoms with Crippen molar-refractivity contribution in [3.05, 3.63) is 21.9 Å². The van der Waals surface area contributed by atoms with Gasteiger partial charge in [-0.2, -0.15) is 23.5 Å². The van der Waals surface area contributed by atoms with Crippen LogP contribution < -0.4 is 0 Å². The van der Waals surface area contributed by atoms with E-state index in [1.807, 2.05) is 34.9 Å². The average molecular weight is 289 g/mol. The molecule has 1 aromatic heterocycles. The molecule has 1 saturated heterocycles. The van der Waals surface area contributed by atoms with Crippen LogP contribution >= 0.6 is 34.9 Å². The fraction of sp³-hybridized carbons (Fsp3) is 0.692. The van der Waals surface area contributed by atoms with Crippen LogP contribution in [0, 0.1) is 0 Å². The van der Waals surface area contributed by atoms with Gasteiger partial charge in [0.25, 0.3) is 0 Å². The van der Waals surface area contributed by atoms with E-state index < -0.39 is 0 Å². The van der Waals surface area contributed by atoms with Crippen molar-refractivity contribution in [2.24, 2.45) is 0 Å². The minimum atomic E-state index is -0.189. The predicted octanol–water partition coefficient (Wildman–Crippen LogP) is 3.45. The highest BCUT2D eigenvalue weighted by atomic mass is 32.2. The molecule has 0 spiro atoms. The number of aryl methyl sites for hydroxylation is 1. The molecule has 0 radical (unpaired) electrons. The molecular weight excluding hydrogens is 268 g/mol. The van der Waals surface area contributed by atoms with Crippen LogP contribution in [-0.2, 0) is 12.8 Å². The Balaban J connectivity index is 1.93. The van der Waals surface area contributed by atoms with Crippen molar-refractivity contribution < 1.29 is 5.11 Å². The Labute approximate surface area is 116 Å². The van der Waals surface area contributed by atoms with Crippen molar-refractivity contribution in [3.8, 4) is 0 Å². The third-order valence-electron chi connectivity index (χ3n) is 3.09. The smallest absolute Gasteiger partial charge is 0.0717 e. The number of hydrogen-bond donors (Lipinski definition) is 1. The Hall–Kier alpha value is 0.360. The maximum Gasteiger partial charge on any atom is 0.0717 e. The lowest BCUT2D eigenvalue weighted by Crippen LogP contribution is -2.35. The molecule has 1 nitrogen and oxygen atoms in total. The summed E-state index contributed by atoms with van der Waals surface area (Å²) in [5.41, 5.74) is 0. The molecule has 0 bridgehead atoms. The van der Waals surface area contributed by atoms with Gasteiger partial charge in [0.05, 0.1) is 6.10 Å². The SMILES string of the molecule is CCc1ccc(CC(O)C2SCCSC2C)s1. The van der Waals surface area contributed by atoms with Gasteiger partial charge in [-0.25, -0.2) is 0 Å². The number of rotatable bonds is 4. The van der Waals surface area contributed by atoms with Gasteiger partial charge in [0, 0.05) is 38.2 Å². The maximum absolute atomic E-state index is 10.4. The Bertz CT molecular complexity index is 350. The Morgan fingerprint density at radius 1 is 1.29 bits per heavy atom. The van der Waals surface area contributed by atoms with Crippen LogP contribution in [0.15, 0.2) is 12.1 Å². The largest absolute Gasteiger partial charge is 0.392 e. The fourth-order valence-corrected chi connectivity index (χ4v) is 5.97. The number of thiophene rings is 1. The first-order chi connectivity index (χ1) is 8.20. The summed E-state index contributed by atoms with van der Waals surface area (Å²) in [4.78, 5) is 2.75. The lowest BCUT2D eigenvalue weighted by Gasteiger charge is -2.31. The van der Waals surface area contributed by atoms with Crippen LogP contribution in [0.3, 0.4) is 0 Å². The van der Waals surface area contributed by atoms with Gasteiger partial charge >= 0.3 is 0 Å². The quantitative estimate of drug-likeness (QED) is 0.916. The second-order valence-electron chi connectivity index (χ2n) is 4.40. The zero-order chi connectivity index (χ0) is 12.3. The van der Waals surface area contributed by atoms with E-state index in [4.69, 9.17) is 0 Å². The summed E-state index contributed by atoms with van der Waals surface area (Å²) in [6.07, 6.45) is 1.74. The van der Waals surface area contributed by atoms with Crippen LogP contribution in [0.2, 0.25) is 0 Å². The number of aliphatic hydroxyl groups excluding tert-OH is 1. The number of thioether (sulfide) groups is 2. The molecule has 17 heavy (non-hydrogen) atoms. The van der Waals surface area contributed by atoms with Gasteiger partial charge in [-0.3, -0.25) is 0 Å². The molecule has 1 N–H and O–H groups in total. The van der Waals surface area contributed by atoms with Gasteiger partial charge in [0.15, 0.2) is 0 Å². The van der Waals surface area contributed by atoms with E-state index in [9.17, 15) is 5.11 Å². The number of hydrogen-bond acceptors (Lipinski definition) is 4. The molecule has 96 valence electrons. The monoisotopic (exact) mass is 288 g/mol. The Morgan fingerprint density at radius 2 is 2.00 bits per heavy atom. The first-order valence-electron chi connectivity index (χ1n) is 6.19. The maximum atomic E-state index is 10.4. The van der Waals surface area contributed by atoms with Gasteiger partial charge in [0.1, 0.15) is 0 Å². The molecule has 4 heteroatoms. The van der Waals surface area contributed by atoms with Crippen molar-refractivity contribution in [1.29, 1.82) is 0 Å².